The molecule has 0 spiro atoms. The summed E-state index contributed by atoms with van der Waals surface area (Å²) in [5.74, 6) is -0.208. The Morgan fingerprint density at radius 3 is 2.66 bits per heavy atom. The van der Waals surface area contributed by atoms with Gasteiger partial charge in [-0.15, -0.1) is 0 Å². The zero-order valence-electron chi connectivity index (χ0n) is 18.1. The van der Waals surface area contributed by atoms with Crippen LogP contribution >= 0.6 is 0 Å². The van der Waals surface area contributed by atoms with Crippen molar-refractivity contribution in [2.24, 2.45) is 0 Å². The fourth-order valence-corrected chi connectivity index (χ4v) is 4.02. The molecule has 0 saturated carbocycles. The standard InChI is InChI=1S/C26H27N3O3/c1-18-22(12-6-13-23(18)27)20-10-5-11-21(16-20)28-25(30)24-14-7-15-29(24)26(31)32-17-19-8-3-2-4-9-19/h2-6,8-13,16,24H,7,14-15,17,27H2,1H3,(H,28,30). The van der Waals surface area contributed by atoms with Crippen molar-refractivity contribution in [3.05, 3.63) is 83.9 Å². The number of carbonyl (C=O) groups excluding carboxylic acids is 2. The Morgan fingerprint density at radius 2 is 1.84 bits per heavy atom. The molecule has 6 heteroatoms. The summed E-state index contributed by atoms with van der Waals surface area (Å²) in [6, 6.07) is 22.4. The van der Waals surface area contributed by atoms with Crippen molar-refractivity contribution in [1.29, 1.82) is 0 Å². The lowest BCUT2D eigenvalue weighted by atomic mass is 9.99. The number of amides is 2. The summed E-state index contributed by atoms with van der Waals surface area (Å²) in [7, 11) is 0. The molecule has 2 amide bonds. The maximum absolute atomic E-state index is 13.0. The Kier molecular flexibility index (Phi) is 6.40. The zero-order valence-corrected chi connectivity index (χ0v) is 18.1. The maximum Gasteiger partial charge on any atom is 0.410 e. The first-order valence-corrected chi connectivity index (χ1v) is 10.8. The van der Waals surface area contributed by atoms with Gasteiger partial charge in [-0.25, -0.2) is 4.79 Å². The average Bonchev–Trinajstić information content (AvgIpc) is 3.30. The fourth-order valence-electron chi connectivity index (χ4n) is 4.02. The molecular formula is C26H27N3O3. The topological polar surface area (TPSA) is 84.7 Å². The molecule has 1 fully saturated rings. The molecule has 0 radical (unpaired) electrons. The Labute approximate surface area is 188 Å². The van der Waals surface area contributed by atoms with E-state index < -0.39 is 12.1 Å². The minimum atomic E-state index is -0.545. The van der Waals surface area contributed by atoms with Gasteiger partial charge in [-0.2, -0.15) is 0 Å². The van der Waals surface area contributed by atoms with E-state index in [0.717, 1.165) is 34.4 Å². The van der Waals surface area contributed by atoms with Gasteiger partial charge >= 0.3 is 6.09 Å². The second-order valence-electron chi connectivity index (χ2n) is 7.98. The Morgan fingerprint density at radius 1 is 1.06 bits per heavy atom. The highest BCUT2D eigenvalue weighted by atomic mass is 16.6. The van der Waals surface area contributed by atoms with Crippen LogP contribution in [0.3, 0.4) is 0 Å². The number of carbonyl (C=O) groups is 2. The summed E-state index contributed by atoms with van der Waals surface area (Å²) in [4.78, 5) is 27.1. The molecule has 3 aromatic rings. The van der Waals surface area contributed by atoms with Crippen LogP contribution < -0.4 is 11.1 Å². The van der Waals surface area contributed by atoms with E-state index in [9.17, 15) is 9.59 Å². The van der Waals surface area contributed by atoms with Gasteiger partial charge in [0.15, 0.2) is 0 Å². The smallest absolute Gasteiger partial charge is 0.410 e. The van der Waals surface area contributed by atoms with Crippen molar-refractivity contribution in [3.8, 4) is 11.1 Å². The summed E-state index contributed by atoms with van der Waals surface area (Å²) >= 11 is 0. The molecule has 0 bridgehead atoms. The largest absolute Gasteiger partial charge is 0.445 e. The van der Waals surface area contributed by atoms with Crippen LogP contribution in [0.5, 0.6) is 0 Å². The number of nitrogens with zero attached hydrogens (tertiary/aromatic N) is 1. The van der Waals surface area contributed by atoms with Crippen molar-refractivity contribution in [3.63, 3.8) is 0 Å². The number of benzene rings is 3. The van der Waals surface area contributed by atoms with Gasteiger partial charge in [-0.3, -0.25) is 9.69 Å². The van der Waals surface area contributed by atoms with E-state index in [1.54, 1.807) is 0 Å². The molecule has 3 N–H and O–H groups in total. The Bertz CT molecular complexity index is 1110. The van der Waals surface area contributed by atoms with E-state index >= 15 is 0 Å². The fraction of sp³-hybridized carbons (Fsp3) is 0.231. The van der Waals surface area contributed by atoms with Gasteiger partial charge in [-0.1, -0.05) is 54.6 Å². The van der Waals surface area contributed by atoms with Crippen LogP contribution in [0.1, 0.15) is 24.0 Å². The van der Waals surface area contributed by atoms with E-state index in [1.807, 2.05) is 79.7 Å². The number of anilines is 2. The van der Waals surface area contributed by atoms with Crippen LogP contribution in [0.2, 0.25) is 0 Å². The summed E-state index contributed by atoms with van der Waals surface area (Å²) in [6.45, 7) is 2.67. The molecule has 164 valence electrons. The Balaban J connectivity index is 1.43. The quantitative estimate of drug-likeness (QED) is 0.560. The van der Waals surface area contributed by atoms with Crippen LogP contribution in [0.4, 0.5) is 16.2 Å². The average molecular weight is 430 g/mol. The number of nitrogens with one attached hydrogen (secondary N) is 1. The number of likely N-dealkylation sites (tertiary alicyclic amines) is 1. The molecule has 0 aliphatic carbocycles. The first-order chi connectivity index (χ1) is 15.5. The normalized spacial score (nSPS) is 15.4. The number of hydrogen-bond acceptors (Lipinski definition) is 4. The molecule has 32 heavy (non-hydrogen) atoms. The zero-order chi connectivity index (χ0) is 22.5. The third-order valence-electron chi connectivity index (χ3n) is 5.81. The van der Waals surface area contributed by atoms with E-state index in [4.69, 9.17) is 10.5 Å². The predicted molar refractivity (Wildman–Crippen MR) is 126 cm³/mol. The summed E-state index contributed by atoms with van der Waals surface area (Å²) in [5, 5.41) is 2.97. The molecule has 1 heterocycles. The molecule has 1 saturated heterocycles. The highest BCUT2D eigenvalue weighted by Gasteiger charge is 2.35. The lowest BCUT2D eigenvalue weighted by molar-refractivity contribution is -0.120. The van der Waals surface area contributed by atoms with E-state index in [0.29, 0.717) is 18.7 Å². The van der Waals surface area contributed by atoms with E-state index in [2.05, 4.69) is 5.32 Å². The summed E-state index contributed by atoms with van der Waals surface area (Å²) in [5.41, 5.74) is 11.4. The maximum atomic E-state index is 13.0. The van der Waals surface area contributed by atoms with Gasteiger partial charge in [0.25, 0.3) is 0 Å². The number of hydrogen-bond donors (Lipinski definition) is 2. The predicted octanol–water partition coefficient (Wildman–Crippen LogP) is 4.98. The lowest BCUT2D eigenvalue weighted by Crippen LogP contribution is -2.43. The van der Waals surface area contributed by atoms with Crippen molar-refractivity contribution in [2.45, 2.75) is 32.4 Å². The summed E-state index contributed by atoms with van der Waals surface area (Å²) < 4.78 is 5.44. The number of ether oxygens (including phenoxy) is 1. The highest BCUT2D eigenvalue weighted by molar-refractivity contribution is 5.97. The SMILES string of the molecule is Cc1c(N)cccc1-c1cccc(NC(=O)C2CCCN2C(=O)OCc2ccccc2)c1. The molecule has 4 rings (SSSR count). The monoisotopic (exact) mass is 429 g/mol. The molecule has 1 unspecified atom stereocenters. The van der Waals surface area contributed by atoms with Crippen LogP contribution in [-0.2, 0) is 16.1 Å². The van der Waals surface area contributed by atoms with Crippen LogP contribution in [0, 0.1) is 6.92 Å². The first kappa shape index (κ1) is 21.4. The molecule has 1 atom stereocenters. The van der Waals surface area contributed by atoms with Crippen molar-refractivity contribution >= 4 is 23.4 Å². The first-order valence-electron chi connectivity index (χ1n) is 10.8. The van der Waals surface area contributed by atoms with Crippen LogP contribution in [-0.4, -0.2) is 29.5 Å². The second kappa shape index (κ2) is 9.56. The highest BCUT2D eigenvalue weighted by Crippen LogP contribution is 2.29. The van der Waals surface area contributed by atoms with Gasteiger partial charge in [0.05, 0.1) is 0 Å². The van der Waals surface area contributed by atoms with Crippen molar-refractivity contribution < 1.29 is 14.3 Å². The van der Waals surface area contributed by atoms with Crippen LogP contribution in [0.25, 0.3) is 11.1 Å². The minimum absolute atomic E-state index is 0.187. The molecule has 6 nitrogen and oxygen atoms in total. The summed E-state index contributed by atoms with van der Waals surface area (Å²) in [6.07, 6.45) is 0.914. The minimum Gasteiger partial charge on any atom is -0.445 e. The van der Waals surface area contributed by atoms with E-state index in [1.165, 1.54) is 4.90 Å². The number of nitrogen functional groups attached to an aromatic ring is 1. The van der Waals surface area contributed by atoms with E-state index in [-0.39, 0.29) is 12.5 Å². The Hall–Kier alpha value is -3.80. The van der Waals surface area contributed by atoms with Crippen molar-refractivity contribution in [2.75, 3.05) is 17.6 Å². The van der Waals surface area contributed by atoms with Gasteiger partial charge < -0.3 is 15.8 Å². The van der Waals surface area contributed by atoms with Gasteiger partial charge in [0, 0.05) is 17.9 Å². The van der Waals surface area contributed by atoms with Gasteiger partial charge in [-0.05, 0) is 60.2 Å². The van der Waals surface area contributed by atoms with Crippen LogP contribution in [0.15, 0.2) is 72.8 Å². The third-order valence-corrected chi connectivity index (χ3v) is 5.81. The molecule has 1 aliphatic rings. The third kappa shape index (κ3) is 4.75. The molecule has 1 aliphatic heterocycles. The van der Waals surface area contributed by atoms with Gasteiger partial charge in [0.2, 0.25) is 5.91 Å². The molecule has 0 aromatic heterocycles. The number of nitrogens with two attached hydrogens (primary N) is 1. The second-order valence-corrected chi connectivity index (χ2v) is 7.98. The molecular weight excluding hydrogens is 402 g/mol. The van der Waals surface area contributed by atoms with Crippen molar-refractivity contribution in [1.82, 2.24) is 4.90 Å². The lowest BCUT2D eigenvalue weighted by Gasteiger charge is -2.23. The molecule has 3 aromatic carbocycles. The van der Waals surface area contributed by atoms with Gasteiger partial charge in [0.1, 0.15) is 12.6 Å². The number of rotatable bonds is 5.